The fourth-order valence-electron chi connectivity index (χ4n) is 4.40. The second kappa shape index (κ2) is 10.6. The minimum absolute atomic E-state index is 0.101. The molecular formula is C25H30N4O2S. The van der Waals surface area contributed by atoms with Gasteiger partial charge in [0.25, 0.3) is 0 Å². The van der Waals surface area contributed by atoms with Gasteiger partial charge in [-0.05, 0) is 42.3 Å². The quantitative estimate of drug-likeness (QED) is 0.529. The zero-order valence-corrected chi connectivity index (χ0v) is 19.2. The van der Waals surface area contributed by atoms with Crippen molar-refractivity contribution in [2.75, 3.05) is 0 Å². The number of imidazole rings is 1. The Morgan fingerprint density at radius 3 is 2.69 bits per heavy atom. The number of thiophene rings is 1. The average molecular weight is 451 g/mol. The first-order valence-electron chi connectivity index (χ1n) is 11.3. The number of carbonyl (C=O) groups is 2. The van der Waals surface area contributed by atoms with Crippen LogP contribution in [-0.2, 0) is 22.6 Å². The van der Waals surface area contributed by atoms with E-state index in [2.05, 4.69) is 15.3 Å². The van der Waals surface area contributed by atoms with Crippen molar-refractivity contribution in [1.29, 1.82) is 0 Å². The summed E-state index contributed by atoms with van der Waals surface area (Å²) < 4.78 is 0. The monoisotopic (exact) mass is 450 g/mol. The average Bonchev–Trinajstić information content (AvgIpc) is 3.49. The molecule has 1 aliphatic rings. The first-order chi connectivity index (χ1) is 15.6. The van der Waals surface area contributed by atoms with E-state index in [1.54, 1.807) is 28.6 Å². The second-order valence-electron chi connectivity index (χ2n) is 8.42. The molecule has 2 amide bonds. The molecule has 2 heterocycles. The predicted octanol–water partition coefficient (Wildman–Crippen LogP) is 4.54. The van der Waals surface area contributed by atoms with Gasteiger partial charge in [-0.3, -0.25) is 9.59 Å². The number of H-pyrrole nitrogens is 1. The topological polar surface area (TPSA) is 78.1 Å². The summed E-state index contributed by atoms with van der Waals surface area (Å²) in [5.41, 5.74) is 1.86. The molecule has 1 saturated carbocycles. The Hall–Kier alpha value is -2.93. The molecular weight excluding hydrogens is 420 g/mol. The largest absolute Gasteiger partial charge is 0.351 e. The highest BCUT2D eigenvalue weighted by Gasteiger charge is 2.34. The second-order valence-corrected chi connectivity index (χ2v) is 9.45. The van der Waals surface area contributed by atoms with Crippen LogP contribution in [0.3, 0.4) is 0 Å². The van der Waals surface area contributed by atoms with E-state index in [0.29, 0.717) is 12.4 Å². The number of amides is 2. The van der Waals surface area contributed by atoms with Crippen LogP contribution in [0.4, 0.5) is 0 Å². The number of nitrogens with one attached hydrogen (secondary N) is 2. The Morgan fingerprint density at radius 1 is 1.19 bits per heavy atom. The van der Waals surface area contributed by atoms with Gasteiger partial charge < -0.3 is 15.2 Å². The third-order valence-corrected chi connectivity index (χ3v) is 6.96. The van der Waals surface area contributed by atoms with E-state index >= 15 is 0 Å². The fraction of sp³-hybridized carbons (Fsp3) is 0.400. The van der Waals surface area contributed by atoms with E-state index in [1.165, 1.54) is 6.42 Å². The highest BCUT2D eigenvalue weighted by molar-refractivity contribution is 7.09. The van der Waals surface area contributed by atoms with Gasteiger partial charge in [0.1, 0.15) is 11.9 Å². The minimum Gasteiger partial charge on any atom is -0.351 e. The van der Waals surface area contributed by atoms with Crippen molar-refractivity contribution in [2.45, 2.75) is 64.1 Å². The standard InChI is InChI=1S/C25H30N4O2S/c1-18-8-5-6-12-21(18)24(25(31)28-19-9-3-2-4-10-19)29(17-20-11-7-15-32-20)23(30)16-22-26-13-14-27-22/h5-8,11-15,19,24H,2-4,9-10,16-17H2,1H3,(H,26,27)(H,28,31). The summed E-state index contributed by atoms with van der Waals surface area (Å²) in [5.74, 6) is 0.373. The fourth-order valence-corrected chi connectivity index (χ4v) is 5.11. The van der Waals surface area contributed by atoms with Gasteiger partial charge >= 0.3 is 0 Å². The van der Waals surface area contributed by atoms with Gasteiger partial charge in [-0.15, -0.1) is 11.3 Å². The Bertz CT molecular complexity index is 1010. The lowest BCUT2D eigenvalue weighted by molar-refractivity contribution is -0.141. The number of aromatic nitrogens is 2. The van der Waals surface area contributed by atoms with Crippen LogP contribution in [0.25, 0.3) is 0 Å². The molecule has 7 heteroatoms. The number of aromatic amines is 1. The van der Waals surface area contributed by atoms with Gasteiger partial charge in [-0.1, -0.05) is 49.6 Å². The van der Waals surface area contributed by atoms with Gasteiger partial charge in [0.15, 0.2) is 0 Å². The zero-order chi connectivity index (χ0) is 22.3. The Labute approximate surface area is 193 Å². The van der Waals surface area contributed by atoms with Crippen molar-refractivity contribution >= 4 is 23.2 Å². The van der Waals surface area contributed by atoms with Crippen molar-refractivity contribution in [2.24, 2.45) is 0 Å². The van der Waals surface area contributed by atoms with Crippen LogP contribution in [0, 0.1) is 6.92 Å². The normalized spacial score (nSPS) is 15.3. The molecule has 1 aliphatic carbocycles. The lowest BCUT2D eigenvalue weighted by atomic mass is 9.94. The minimum atomic E-state index is -0.692. The molecule has 0 spiro atoms. The Balaban J connectivity index is 1.68. The summed E-state index contributed by atoms with van der Waals surface area (Å²) in [6.45, 7) is 2.38. The van der Waals surface area contributed by atoms with E-state index in [4.69, 9.17) is 0 Å². The molecule has 1 atom stereocenters. The molecule has 32 heavy (non-hydrogen) atoms. The highest BCUT2D eigenvalue weighted by atomic mass is 32.1. The molecule has 0 bridgehead atoms. The van der Waals surface area contributed by atoms with Crippen molar-refractivity contribution in [1.82, 2.24) is 20.2 Å². The van der Waals surface area contributed by atoms with E-state index in [0.717, 1.165) is 41.7 Å². The summed E-state index contributed by atoms with van der Waals surface area (Å²) in [5, 5.41) is 5.26. The number of hydrogen-bond acceptors (Lipinski definition) is 4. The summed E-state index contributed by atoms with van der Waals surface area (Å²) >= 11 is 1.59. The number of rotatable bonds is 8. The Kier molecular flexibility index (Phi) is 7.37. The van der Waals surface area contributed by atoms with E-state index in [-0.39, 0.29) is 24.3 Å². The zero-order valence-electron chi connectivity index (χ0n) is 18.4. The third-order valence-electron chi connectivity index (χ3n) is 6.09. The predicted molar refractivity (Wildman–Crippen MR) is 126 cm³/mol. The van der Waals surface area contributed by atoms with E-state index in [1.807, 2.05) is 48.7 Å². The maximum atomic E-state index is 13.7. The lowest BCUT2D eigenvalue weighted by Crippen LogP contribution is -2.47. The molecule has 168 valence electrons. The molecule has 3 aromatic rings. The number of nitrogens with zero attached hydrogens (tertiary/aromatic N) is 2. The van der Waals surface area contributed by atoms with Crippen molar-refractivity contribution in [3.8, 4) is 0 Å². The van der Waals surface area contributed by atoms with Crippen LogP contribution in [-0.4, -0.2) is 32.7 Å². The third kappa shape index (κ3) is 5.46. The first-order valence-corrected chi connectivity index (χ1v) is 12.2. The number of carbonyl (C=O) groups excluding carboxylic acids is 2. The number of aryl methyl sites for hydroxylation is 1. The summed E-state index contributed by atoms with van der Waals surface area (Å²) in [6, 6.07) is 11.3. The molecule has 1 unspecified atom stereocenters. The van der Waals surface area contributed by atoms with Gasteiger partial charge in [0.2, 0.25) is 11.8 Å². The van der Waals surface area contributed by atoms with Crippen LogP contribution >= 0.6 is 11.3 Å². The molecule has 2 N–H and O–H groups in total. The summed E-state index contributed by atoms with van der Waals surface area (Å²) in [6.07, 6.45) is 8.96. The van der Waals surface area contributed by atoms with Gasteiger partial charge in [0, 0.05) is 23.3 Å². The van der Waals surface area contributed by atoms with Crippen LogP contribution in [0.1, 0.15) is 60.0 Å². The lowest BCUT2D eigenvalue weighted by Gasteiger charge is -2.34. The molecule has 6 nitrogen and oxygen atoms in total. The molecule has 1 aromatic carbocycles. The van der Waals surface area contributed by atoms with Crippen molar-refractivity contribution < 1.29 is 9.59 Å². The van der Waals surface area contributed by atoms with Gasteiger partial charge in [-0.25, -0.2) is 4.98 Å². The van der Waals surface area contributed by atoms with Crippen molar-refractivity contribution in [3.63, 3.8) is 0 Å². The highest BCUT2D eigenvalue weighted by Crippen LogP contribution is 2.29. The molecule has 4 rings (SSSR count). The number of benzene rings is 1. The van der Waals surface area contributed by atoms with E-state index < -0.39 is 6.04 Å². The molecule has 2 aromatic heterocycles. The van der Waals surface area contributed by atoms with Crippen LogP contribution < -0.4 is 5.32 Å². The van der Waals surface area contributed by atoms with Crippen LogP contribution in [0.5, 0.6) is 0 Å². The van der Waals surface area contributed by atoms with Gasteiger partial charge in [-0.2, -0.15) is 0 Å². The van der Waals surface area contributed by atoms with Gasteiger partial charge in [0.05, 0.1) is 13.0 Å². The number of hydrogen-bond donors (Lipinski definition) is 2. The maximum absolute atomic E-state index is 13.7. The Morgan fingerprint density at radius 2 is 2.00 bits per heavy atom. The molecule has 0 saturated heterocycles. The van der Waals surface area contributed by atoms with Crippen molar-refractivity contribution in [3.05, 3.63) is 76.0 Å². The first kappa shape index (κ1) is 22.3. The molecule has 1 fully saturated rings. The SMILES string of the molecule is Cc1ccccc1C(C(=O)NC1CCCCC1)N(Cc1cccs1)C(=O)Cc1ncc[nH]1. The van der Waals surface area contributed by atoms with Crippen LogP contribution in [0.15, 0.2) is 54.2 Å². The summed E-state index contributed by atoms with van der Waals surface area (Å²) in [4.78, 5) is 37.3. The van der Waals surface area contributed by atoms with Crippen LogP contribution in [0.2, 0.25) is 0 Å². The molecule has 0 aliphatic heterocycles. The van der Waals surface area contributed by atoms with E-state index in [9.17, 15) is 9.59 Å². The maximum Gasteiger partial charge on any atom is 0.247 e. The molecule has 0 radical (unpaired) electrons. The summed E-state index contributed by atoms with van der Waals surface area (Å²) in [7, 11) is 0. The smallest absolute Gasteiger partial charge is 0.247 e.